The number of rotatable bonds is 7. The third-order valence-corrected chi connectivity index (χ3v) is 4.70. The third kappa shape index (κ3) is 3.85. The number of aliphatic carboxylic acids is 1. The van der Waals surface area contributed by atoms with Gasteiger partial charge in [0.05, 0.1) is 4.91 Å². The maximum Gasteiger partial charge on any atom is 0.326 e. The van der Waals surface area contributed by atoms with Gasteiger partial charge in [-0.3, -0.25) is 9.69 Å². The Hall–Kier alpha value is -2.12. The molecule has 0 aromatic heterocycles. The summed E-state index contributed by atoms with van der Waals surface area (Å²) in [6.45, 7) is 5.67. The van der Waals surface area contributed by atoms with E-state index in [4.69, 9.17) is 17.0 Å². The minimum atomic E-state index is -1.07. The summed E-state index contributed by atoms with van der Waals surface area (Å²) in [4.78, 5) is 25.5. The Labute approximate surface area is 150 Å². The average Bonchev–Trinajstić information content (AvgIpc) is 2.82. The number of hydrogen-bond donors (Lipinski definition) is 1. The van der Waals surface area contributed by atoms with Crippen LogP contribution < -0.4 is 4.74 Å². The summed E-state index contributed by atoms with van der Waals surface area (Å²) < 4.78 is 5.82. The van der Waals surface area contributed by atoms with Crippen LogP contribution in [-0.4, -0.2) is 38.9 Å². The van der Waals surface area contributed by atoms with Crippen molar-refractivity contribution in [2.45, 2.75) is 19.4 Å². The molecule has 0 aliphatic carbocycles. The zero-order valence-electron chi connectivity index (χ0n) is 13.1. The Morgan fingerprint density at radius 3 is 2.83 bits per heavy atom. The molecule has 1 aromatic carbocycles. The number of carboxylic acid groups (broad SMARTS) is 1. The molecule has 1 fully saturated rings. The maximum absolute atomic E-state index is 12.6. The number of thiocarbonyl (C=S) groups is 1. The highest BCUT2D eigenvalue weighted by molar-refractivity contribution is 8.26. The van der Waals surface area contributed by atoms with Crippen molar-refractivity contribution in [3.05, 3.63) is 47.4 Å². The first-order valence-electron chi connectivity index (χ1n) is 7.32. The number of benzene rings is 1. The first kappa shape index (κ1) is 18.2. The average molecular weight is 363 g/mol. The van der Waals surface area contributed by atoms with Gasteiger partial charge in [-0.15, -0.1) is 0 Å². The molecule has 24 heavy (non-hydrogen) atoms. The second-order valence-electron chi connectivity index (χ2n) is 4.95. The second kappa shape index (κ2) is 8.12. The molecule has 1 aliphatic rings. The zero-order chi connectivity index (χ0) is 17.7. The van der Waals surface area contributed by atoms with Gasteiger partial charge in [-0.25, -0.2) is 4.79 Å². The lowest BCUT2D eigenvalue weighted by Crippen LogP contribution is -2.43. The first-order valence-corrected chi connectivity index (χ1v) is 8.54. The summed E-state index contributed by atoms with van der Waals surface area (Å²) >= 11 is 6.29. The zero-order valence-corrected chi connectivity index (χ0v) is 14.7. The molecule has 7 heteroatoms. The molecule has 0 radical (unpaired) electrons. The quantitative estimate of drug-likeness (QED) is 0.455. The summed E-state index contributed by atoms with van der Waals surface area (Å²) in [7, 11) is 0. The molecular weight excluding hydrogens is 346 g/mol. The molecule has 1 N–H and O–H groups in total. The normalized spacial score (nSPS) is 17.2. The molecule has 1 amide bonds. The van der Waals surface area contributed by atoms with Gasteiger partial charge in [0, 0.05) is 5.56 Å². The van der Waals surface area contributed by atoms with Crippen molar-refractivity contribution in [2.24, 2.45) is 0 Å². The van der Waals surface area contributed by atoms with Crippen molar-refractivity contribution in [3.8, 4) is 5.75 Å². The lowest BCUT2D eigenvalue weighted by molar-refractivity contribution is -0.145. The Balaban J connectivity index is 2.32. The highest BCUT2D eigenvalue weighted by Gasteiger charge is 2.39. The third-order valence-electron chi connectivity index (χ3n) is 3.37. The van der Waals surface area contributed by atoms with Crippen LogP contribution in [-0.2, 0) is 9.59 Å². The Kier molecular flexibility index (Phi) is 6.16. The monoisotopic (exact) mass is 363 g/mol. The summed E-state index contributed by atoms with van der Waals surface area (Å²) in [6, 6.07) is 6.33. The van der Waals surface area contributed by atoms with Crippen molar-refractivity contribution in [1.29, 1.82) is 0 Å². The molecule has 5 nitrogen and oxygen atoms in total. The van der Waals surface area contributed by atoms with Crippen molar-refractivity contribution in [2.75, 3.05) is 6.61 Å². The fourth-order valence-corrected chi connectivity index (χ4v) is 3.58. The topological polar surface area (TPSA) is 66.8 Å². The fourth-order valence-electron chi connectivity index (χ4n) is 2.24. The molecule has 126 valence electrons. The maximum atomic E-state index is 12.6. The van der Waals surface area contributed by atoms with E-state index >= 15 is 0 Å². The number of carbonyl (C=O) groups excluding carboxylic acids is 1. The summed E-state index contributed by atoms with van der Waals surface area (Å²) in [5, 5.41) is 9.27. The molecule has 2 rings (SSSR count). The first-order chi connectivity index (χ1) is 11.5. The lowest BCUT2D eigenvalue weighted by Gasteiger charge is -2.21. The van der Waals surface area contributed by atoms with E-state index in [1.165, 1.54) is 4.90 Å². The van der Waals surface area contributed by atoms with Gasteiger partial charge in [-0.1, -0.05) is 61.8 Å². The molecule has 1 atom stereocenters. The van der Waals surface area contributed by atoms with Crippen LogP contribution in [0.25, 0.3) is 6.08 Å². The van der Waals surface area contributed by atoms with E-state index in [9.17, 15) is 14.7 Å². The summed E-state index contributed by atoms with van der Waals surface area (Å²) in [5.74, 6) is -0.838. The molecule has 0 bridgehead atoms. The Morgan fingerprint density at radius 2 is 2.21 bits per heavy atom. The van der Waals surface area contributed by atoms with Gasteiger partial charge in [0.2, 0.25) is 0 Å². The van der Waals surface area contributed by atoms with Gasteiger partial charge >= 0.3 is 5.97 Å². The molecule has 0 unspecified atom stereocenters. The molecule has 1 aliphatic heterocycles. The van der Waals surface area contributed by atoms with E-state index in [0.29, 0.717) is 17.3 Å². The van der Waals surface area contributed by atoms with Crippen LogP contribution in [0.5, 0.6) is 5.75 Å². The van der Waals surface area contributed by atoms with Crippen molar-refractivity contribution in [3.63, 3.8) is 0 Å². The van der Waals surface area contributed by atoms with E-state index in [1.807, 2.05) is 18.2 Å². The van der Waals surface area contributed by atoms with Crippen molar-refractivity contribution >= 4 is 46.3 Å². The number of ether oxygens (including phenoxy) is 1. The predicted octanol–water partition coefficient (Wildman–Crippen LogP) is 3.32. The molecule has 1 aromatic rings. The van der Waals surface area contributed by atoms with Crippen LogP contribution in [0.1, 0.15) is 18.9 Å². The minimum absolute atomic E-state index is 0.255. The summed E-state index contributed by atoms with van der Waals surface area (Å²) in [5.41, 5.74) is 0.725. The van der Waals surface area contributed by atoms with Crippen LogP contribution >= 0.6 is 24.0 Å². The lowest BCUT2D eigenvalue weighted by atomic mass is 10.1. The van der Waals surface area contributed by atoms with Crippen LogP contribution in [0.15, 0.2) is 41.8 Å². The predicted molar refractivity (Wildman–Crippen MR) is 98.9 cm³/mol. The SMILES string of the molecule is C=CCOc1ccccc1/C=C1\SC(=S)N([C@H](CC)C(=O)O)C1=O. The molecule has 0 saturated carbocycles. The summed E-state index contributed by atoms with van der Waals surface area (Å²) in [6.07, 6.45) is 3.59. The van der Waals surface area contributed by atoms with Gasteiger partial charge in [0.15, 0.2) is 0 Å². The van der Waals surface area contributed by atoms with E-state index in [-0.39, 0.29) is 10.7 Å². The van der Waals surface area contributed by atoms with Crippen LogP contribution in [0.2, 0.25) is 0 Å². The largest absolute Gasteiger partial charge is 0.489 e. The molecule has 0 spiro atoms. The fraction of sp³-hybridized carbons (Fsp3) is 0.235. The standard InChI is InChI=1S/C17H17NO4S2/c1-3-9-22-13-8-6-5-7-11(13)10-14-15(19)18(17(23)24-14)12(4-2)16(20)21/h3,5-8,10,12H,1,4,9H2,2H3,(H,20,21)/b14-10-/t12-/m1/s1. The number of amides is 1. The molecular formula is C17H17NO4S2. The number of nitrogens with zero attached hydrogens (tertiary/aromatic N) is 1. The van der Waals surface area contributed by atoms with E-state index in [2.05, 4.69) is 6.58 Å². The van der Waals surface area contributed by atoms with E-state index in [1.54, 1.807) is 25.1 Å². The van der Waals surface area contributed by atoms with Crippen LogP contribution in [0.4, 0.5) is 0 Å². The number of carboxylic acids is 1. The highest BCUT2D eigenvalue weighted by Crippen LogP contribution is 2.35. The van der Waals surface area contributed by atoms with E-state index < -0.39 is 17.9 Å². The van der Waals surface area contributed by atoms with Crippen LogP contribution in [0, 0.1) is 0 Å². The number of hydrogen-bond acceptors (Lipinski definition) is 5. The van der Waals surface area contributed by atoms with Gasteiger partial charge in [0.1, 0.15) is 22.7 Å². The van der Waals surface area contributed by atoms with Crippen LogP contribution in [0.3, 0.4) is 0 Å². The minimum Gasteiger partial charge on any atom is -0.489 e. The van der Waals surface area contributed by atoms with Gasteiger partial charge in [-0.05, 0) is 18.6 Å². The Morgan fingerprint density at radius 1 is 1.50 bits per heavy atom. The Bertz CT molecular complexity index is 714. The van der Waals surface area contributed by atoms with E-state index in [0.717, 1.165) is 17.3 Å². The van der Waals surface area contributed by atoms with Gasteiger partial charge in [0.25, 0.3) is 5.91 Å². The second-order valence-corrected chi connectivity index (χ2v) is 6.63. The number of carbonyl (C=O) groups is 2. The van der Waals surface area contributed by atoms with Crippen molar-refractivity contribution < 1.29 is 19.4 Å². The van der Waals surface area contributed by atoms with Crippen molar-refractivity contribution in [1.82, 2.24) is 4.90 Å². The smallest absolute Gasteiger partial charge is 0.326 e. The van der Waals surface area contributed by atoms with Gasteiger partial charge in [-0.2, -0.15) is 0 Å². The molecule has 1 saturated heterocycles. The number of thioether (sulfide) groups is 1. The molecule has 1 heterocycles. The van der Waals surface area contributed by atoms with Gasteiger partial charge < -0.3 is 9.84 Å². The highest BCUT2D eigenvalue weighted by atomic mass is 32.2. The number of para-hydroxylation sites is 1.